The summed E-state index contributed by atoms with van der Waals surface area (Å²) in [5, 5.41) is 37.2. The molecule has 0 aromatic heterocycles. The molecular weight excluding hydrogens is 192 g/mol. The molecule has 84 valence electrons. The number of rotatable bonds is 6. The van der Waals surface area contributed by atoms with Crippen molar-refractivity contribution in [3.8, 4) is 0 Å². The zero-order valence-electron chi connectivity index (χ0n) is 8.12. The monoisotopic (exact) mass is 208 g/mol. The van der Waals surface area contributed by atoms with Crippen LogP contribution < -0.4 is 0 Å². The number of aldehydes is 1. The van der Waals surface area contributed by atoms with Crippen LogP contribution in [0.4, 0.5) is 0 Å². The number of hydrogen-bond acceptors (Lipinski definition) is 6. The van der Waals surface area contributed by atoms with Crippen LogP contribution in [0.5, 0.6) is 0 Å². The summed E-state index contributed by atoms with van der Waals surface area (Å²) in [4.78, 5) is 10.2. The molecule has 0 heterocycles. The minimum atomic E-state index is -2.10. The number of ether oxygens (including phenoxy) is 1. The normalized spacial score (nSPS) is 22.1. The molecule has 0 spiro atoms. The number of hydrogen-bond donors (Lipinski definition) is 4. The first-order valence-electron chi connectivity index (χ1n) is 4.08. The van der Waals surface area contributed by atoms with Gasteiger partial charge in [-0.05, 0) is 6.92 Å². The smallest absolute Gasteiger partial charge is 0.151 e. The van der Waals surface area contributed by atoms with Crippen LogP contribution in [0.2, 0.25) is 0 Å². The summed E-state index contributed by atoms with van der Waals surface area (Å²) >= 11 is 0. The van der Waals surface area contributed by atoms with Gasteiger partial charge in [0.1, 0.15) is 23.9 Å². The first kappa shape index (κ1) is 13.5. The number of carbonyl (C=O) groups is 1. The summed E-state index contributed by atoms with van der Waals surface area (Å²) in [6.45, 7) is 0.846. The lowest BCUT2D eigenvalue weighted by Gasteiger charge is -2.33. The van der Waals surface area contributed by atoms with Crippen molar-refractivity contribution in [1.82, 2.24) is 0 Å². The Morgan fingerprint density at radius 1 is 1.43 bits per heavy atom. The van der Waals surface area contributed by atoms with Gasteiger partial charge in [0.25, 0.3) is 0 Å². The van der Waals surface area contributed by atoms with Gasteiger partial charge in [-0.1, -0.05) is 0 Å². The lowest BCUT2D eigenvalue weighted by atomic mass is 9.90. The first-order chi connectivity index (χ1) is 6.37. The second-order valence-corrected chi connectivity index (χ2v) is 3.27. The van der Waals surface area contributed by atoms with E-state index in [4.69, 9.17) is 5.11 Å². The number of aliphatic hydroxyl groups excluding tert-OH is 3. The number of methoxy groups -OCH3 is 1. The molecule has 0 aromatic rings. The number of aliphatic hydroxyl groups is 4. The molecule has 4 N–H and O–H groups in total. The van der Waals surface area contributed by atoms with Crippen LogP contribution in [-0.4, -0.2) is 64.3 Å². The molecule has 14 heavy (non-hydrogen) atoms. The third kappa shape index (κ3) is 3.00. The van der Waals surface area contributed by atoms with E-state index in [1.54, 1.807) is 0 Å². The fourth-order valence-electron chi connectivity index (χ4n) is 0.964. The summed E-state index contributed by atoms with van der Waals surface area (Å²) in [5.74, 6) is 0. The molecule has 0 aliphatic rings. The second-order valence-electron chi connectivity index (χ2n) is 3.27. The van der Waals surface area contributed by atoms with Crippen molar-refractivity contribution in [3.05, 3.63) is 0 Å². The quantitative estimate of drug-likeness (QED) is 0.365. The van der Waals surface area contributed by atoms with Crippen LogP contribution in [0.1, 0.15) is 6.92 Å². The van der Waals surface area contributed by atoms with E-state index >= 15 is 0 Å². The van der Waals surface area contributed by atoms with Crippen LogP contribution in [0.15, 0.2) is 0 Å². The third-order valence-corrected chi connectivity index (χ3v) is 2.03. The summed E-state index contributed by atoms with van der Waals surface area (Å²) in [6, 6.07) is 0. The Morgan fingerprint density at radius 3 is 2.29 bits per heavy atom. The van der Waals surface area contributed by atoms with Crippen LogP contribution >= 0.6 is 0 Å². The lowest BCUT2D eigenvalue weighted by Crippen LogP contribution is -2.56. The van der Waals surface area contributed by atoms with Crippen molar-refractivity contribution >= 4 is 6.29 Å². The molecular formula is C8H16O6. The van der Waals surface area contributed by atoms with Gasteiger partial charge in [0, 0.05) is 7.11 Å². The zero-order chi connectivity index (χ0) is 11.4. The maximum Gasteiger partial charge on any atom is 0.151 e. The van der Waals surface area contributed by atoms with Gasteiger partial charge in [-0.25, -0.2) is 0 Å². The average molecular weight is 208 g/mol. The van der Waals surface area contributed by atoms with Crippen molar-refractivity contribution in [3.63, 3.8) is 0 Å². The highest BCUT2D eigenvalue weighted by Crippen LogP contribution is 2.17. The molecule has 0 unspecified atom stereocenters. The van der Waals surface area contributed by atoms with Crippen LogP contribution in [-0.2, 0) is 9.53 Å². The molecule has 0 aliphatic carbocycles. The van der Waals surface area contributed by atoms with E-state index in [0.29, 0.717) is 0 Å². The predicted octanol–water partition coefficient (Wildman–Crippen LogP) is -2.33. The standard InChI is InChI=1S/C8H16O6/c1-8(13,6(11)3-9)7(12)5(10)4-14-2/h3,5-7,10-13H,4H2,1-2H3/t5-,6+,7-,8-/m1/s1. The van der Waals surface area contributed by atoms with Gasteiger partial charge < -0.3 is 30.0 Å². The zero-order valence-corrected chi connectivity index (χ0v) is 8.12. The highest BCUT2D eigenvalue weighted by molar-refractivity contribution is 5.58. The highest BCUT2D eigenvalue weighted by Gasteiger charge is 2.41. The number of carbonyl (C=O) groups excluding carboxylic acids is 1. The lowest BCUT2D eigenvalue weighted by molar-refractivity contribution is -0.174. The topological polar surface area (TPSA) is 107 Å². The van der Waals surface area contributed by atoms with E-state index in [9.17, 15) is 20.1 Å². The van der Waals surface area contributed by atoms with Gasteiger partial charge in [-0.2, -0.15) is 0 Å². The third-order valence-electron chi connectivity index (χ3n) is 2.03. The maximum atomic E-state index is 10.2. The molecule has 0 fully saturated rings. The molecule has 0 amide bonds. The fraction of sp³-hybridized carbons (Fsp3) is 0.875. The van der Waals surface area contributed by atoms with Crippen molar-refractivity contribution < 1.29 is 30.0 Å². The largest absolute Gasteiger partial charge is 0.388 e. The summed E-state index contributed by atoms with van der Waals surface area (Å²) in [5.41, 5.74) is -2.10. The van der Waals surface area contributed by atoms with Crippen LogP contribution in [0.25, 0.3) is 0 Å². The van der Waals surface area contributed by atoms with Crippen LogP contribution in [0.3, 0.4) is 0 Å². The Balaban J connectivity index is 4.47. The van der Waals surface area contributed by atoms with E-state index in [1.807, 2.05) is 0 Å². The fourth-order valence-corrected chi connectivity index (χ4v) is 0.964. The van der Waals surface area contributed by atoms with E-state index < -0.39 is 23.9 Å². The van der Waals surface area contributed by atoms with Gasteiger partial charge in [0.15, 0.2) is 6.29 Å². The molecule has 0 radical (unpaired) electrons. The molecule has 6 nitrogen and oxygen atoms in total. The van der Waals surface area contributed by atoms with Gasteiger partial charge >= 0.3 is 0 Å². The van der Waals surface area contributed by atoms with Crippen molar-refractivity contribution in [2.75, 3.05) is 13.7 Å². The molecule has 0 saturated heterocycles. The van der Waals surface area contributed by atoms with Gasteiger partial charge in [0.05, 0.1) is 6.61 Å². The Kier molecular flexibility index (Phi) is 5.17. The molecule has 0 bridgehead atoms. The average Bonchev–Trinajstić information content (AvgIpc) is 2.15. The maximum absolute atomic E-state index is 10.2. The molecule has 0 aromatic carbocycles. The van der Waals surface area contributed by atoms with E-state index in [1.165, 1.54) is 7.11 Å². The minimum Gasteiger partial charge on any atom is -0.388 e. The molecule has 0 aliphatic heterocycles. The van der Waals surface area contributed by atoms with Gasteiger partial charge in [-0.3, -0.25) is 0 Å². The summed E-state index contributed by atoms with van der Waals surface area (Å²) in [6.07, 6.45) is -4.71. The Hall–Kier alpha value is -0.530. The second kappa shape index (κ2) is 5.38. The Bertz CT molecular complexity index is 181. The van der Waals surface area contributed by atoms with Crippen molar-refractivity contribution in [2.24, 2.45) is 0 Å². The predicted molar refractivity (Wildman–Crippen MR) is 46.6 cm³/mol. The van der Waals surface area contributed by atoms with E-state index in [2.05, 4.69) is 4.74 Å². The van der Waals surface area contributed by atoms with Gasteiger partial charge in [0.2, 0.25) is 0 Å². The minimum absolute atomic E-state index is 0.0861. The van der Waals surface area contributed by atoms with E-state index in [0.717, 1.165) is 6.92 Å². The Labute approximate surface area is 81.7 Å². The van der Waals surface area contributed by atoms with Crippen molar-refractivity contribution in [1.29, 1.82) is 0 Å². The first-order valence-corrected chi connectivity index (χ1v) is 4.08. The van der Waals surface area contributed by atoms with Crippen LogP contribution in [0, 0.1) is 0 Å². The van der Waals surface area contributed by atoms with Gasteiger partial charge in [-0.15, -0.1) is 0 Å². The van der Waals surface area contributed by atoms with Crippen molar-refractivity contribution in [2.45, 2.75) is 30.8 Å². The molecule has 0 rings (SSSR count). The molecule has 6 heteroatoms. The highest BCUT2D eigenvalue weighted by atomic mass is 16.5. The molecule has 4 atom stereocenters. The van der Waals surface area contributed by atoms with E-state index in [-0.39, 0.29) is 12.9 Å². The SMILES string of the molecule is COC[C@@H](O)[C@@H](O)[C@](C)(O)[C@@H](O)C=O. The Morgan fingerprint density at radius 2 is 1.93 bits per heavy atom. The summed E-state index contributed by atoms with van der Waals surface area (Å²) in [7, 11) is 1.31. The molecule has 0 saturated carbocycles. The summed E-state index contributed by atoms with van der Waals surface area (Å²) < 4.78 is 4.54.